The molecule has 0 amide bonds. The molecule has 2 aromatic rings. The van der Waals surface area contributed by atoms with Crippen LogP contribution in [0.15, 0.2) is 54.6 Å². The van der Waals surface area contributed by atoms with E-state index in [9.17, 15) is 18.0 Å². The van der Waals surface area contributed by atoms with Gasteiger partial charge in [-0.3, -0.25) is 4.79 Å². The molecule has 1 aliphatic rings. The van der Waals surface area contributed by atoms with Gasteiger partial charge in [0.15, 0.2) is 11.9 Å². The van der Waals surface area contributed by atoms with Crippen molar-refractivity contribution in [2.45, 2.75) is 17.9 Å². The van der Waals surface area contributed by atoms with Crippen LogP contribution in [-0.4, -0.2) is 18.1 Å². The fraction of sp³-hybridized carbons (Fsp3) is 0.188. The number of rotatable bonds is 3. The summed E-state index contributed by atoms with van der Waals surface area (Å²) in [5.74, 6) is -0.687. The van der Waals surface area contributed by atoms with Crippen LogP contribution >= 0.6 is 11.6 Å². The molecule has 0 unspecified atom stereocenters. The first-order valence-corrected chi connectivity index (χ1v) is 6.84. The van der Waals surface area contributed by atoms with E-state index in [-0.39, 0.29) is 11.1 Å². The van der Waals surface area contributed by atoms with Gasteiger partial charge in [0, 0.05) is 10.6 Å². The zero-order chi connectivity index (χ0) is 16.0. The zero-order valence-electron chi connectivity index (χ0n) is 11.1. The summed E-state index contributed by atoms with van der Waals surface area (Å²) in [7, 11) is 0. The van der Waals surface area contributed by atoms with Gasteiger partial charge in [0.05, 0.1) is 0 Å². The third-order valence-corrected chi connectivity index (χ3v) is 3.86. The predicted molar refractivity (Wildman–Crippen MR) is 74.8 cm³/mol. The molecule has 22 heavy (non-hydrogen) atoms. The number of ether oxygens (including phenoxy) is 1. The van der Waals surface area contributed by atoms with Gasteiger partial charge in [-0.1, -0.05) is 54.1 Å². The van der Waals surface area contributed by atoms with Crippen molar-refractivity contribution in [2.75, 3.05) is 0 Å². The summed E-state index contributed by atoms with van der Waals surface area (Å²) in [4.78, 5) is 12.3. The number of alkyl halides is 3. The minimum atomic E-state index is -4.70. The van der Waals surface area contributed by atoms with Crippen molar-refractivity contribution in [2.24, 2.45) is 0 Å². The Balaban J connectivity index is 1.98. The molecule has 3 rings (SSSR count). The third-order valence-electron chi connectivity index (χ3n) is 3.61. The molecule has 114 valence electrons. The van der Waals surface area contributed by atoms with Crippen molar-refractivity contribution in [1.82, 2.24) is 0 Å². The highest BCUT2D eigenvalue weighted by atomic mass is 35.5. The first-order valence-electron chi connectivity index (χ1n) is 6.46. The lowest BCUT2D eigenvalue weighted by atomic mass is 9.91. The van der Waals surface area contributed by atoms with Crippen molar-refractivity contribution in [3.8, 4) is 0 Å². The van der Waals surface area contributed by atoms with Crippen LogP contribution < -0.4 is 0 Å². The van der Waals surface area contributed by atoms with Crippen LogP contribution in [0.1, 0.15) is 15.9 Å². The topological polar surface area (TPSA) is 29.6 Å². The number of Topliss-reactive ketones (excluding diaryl/α,β-unsaturated/α-hetero) is 1. The minimum absolute atomic E-state index is 0.126. The van der Waals surface area contributed by atoms with E-state index in [2.05, 4.69) is 0 Å². The molecule has 0 aromatic heterocycles. The molecule has 0 saturated carbocycles. The number of hydrogen-bond acceptors (Lipinski definition) is 2. The number of halogens is 4. The van der Waals surface area contributed by atoms with Gasteiger partial charge >= 0.3 is 6.18 Å². The van der Waals surface area contributed by atoms with Crippen LogP contribution in [0, 0.1) is 0 Å². The van der Waals surface area contributed by atoms with Gasteiger partial charge in [0.2, 0.25) is 5.60 Å². The maximum atomic E-state index is 13.5. The molecular weight excluding hydrogens is 317 g/mol. The van der Waals surface area contributed by atoms with Gasteiger partial charge in [0.25, 0.3) is 0 Å². The van der Waals surface area contributed by atoms with E-state index in [1.54, 1.807) is 18.2 Å². The molecular formula is C16H10ClF3O2. The van der Waals surface area contributed by atoms with E-state index in [0.717, 1.165) is 0 Å². The number of carbonyl (C=O) groups is 1. The zero-order valence-corrected chi connectivity index (χ0v) is 11.9. The lowest BCUT2D eigenvalue weighted by Gasteiger charge is -2.17. The van der Waals surface area contributed by atoms with Crippen molar-refractivity contribution >= 4 is 17.4 Å². The molecule has 0 spiro atoms. The number of carbonyl (C=O) groups excluding carboxylic acids is 1. The molecule has 6 heteroatoms. The number of hydrogen-bond donors (Lipinski definition) is 0. The van der Waals surface area contributed by atoms with E-state index in [4.69, 9.17) is 16.3 Å². The van der Waals surface area contributed by atoms with Crippen LogP contribution in [0.3, 0.4) is 0 Å². The molecule has 2 nitrogen and oxygen atoms in total. The van der Waals surface area contributed by atoms with E-state index < -0.39 is 23.7 Å². The lowest BCUT2D eigenvalue weighted by molar-refractivity contribution is -0.187. The second kappa shape index (κ2) is 5.11. The predicted octanol–water partition coefficient (Wildman–Crippen LogP) is 4.38. The number of ketones is 1. The summed E-state index contributed by atoms with van der Waals surface area (Å²) in [6.45, 7) is 0. The SMILES string of the molecule is O=C(c1ccccc1)[C@H]1O[C@]1(c1ccc(Cl)cc1)C(F)(F)F. The van der Waals surface area contributed by atoms with Gasteiger partial charge in [-0.05, 0) is 17.7 Å². The van der Waals surface area contributed by atoms with Crippen LogP contribution in [0.4, 0.5) is 13.2 Å². The Hall–Kier alpha value is -1.85. The second-order valence-corrected chi connectivity index (χ2v) is 5.40. The van der Waals surface area contributed by atoms with Crippen molar-refractivity contribution in [1.29, 1.82) is 0 Å². The van der Waals surface area contributed by atoms with Crippen LogP contribution in [0.25, 0.3) is 0 Å². The molecule has 2 aromatic carbocycles. The van der Waals surface area contributed by atoms with Gasteiger partial charge < -0.3 is 4.74 Å². The highest BCUT2D eigenvalue weighted by molar-refractivity contribution is 6.30. The van der Waals surface area contributed by atoms with Gasteiger partial charge in [-0.15, -0.1) is 0 Å². The Morgan fingerprint density at radius 2 is 1.64 bits per heavy atom. The largest absolute Gasteiger partial charge is 0.424 e. The Morgan fingerprint density at radius 3 is 2.18 bits per heavy atom. The standard InChI is InChI=1S/C16H10ClF3O2/c17-12-8-6-11(7-9-12)15(16(18,19)20)14(22-15)13(21)10-4-2-1-3-5-10/h1-9,14H/t14-,15+/m1/s1. The fourth-order valence-corrected chi connectivity index (χ4v) is 2.57. The molecule has 1 saturated heterocycles. The first-order chi connectivity index (χ1) is 10.4. The van der Waals surface area contributed by atoms with Crippen LogP contribution in [0.2, 0.25) is 5.02 Å². The van der Waals surface area contributed by atoms with E-state index in [1.807, 2.05) is 0 Å². The van der Waals surface area contributed by atoms with Gasteiger partial charge in [0.1, 0.15) is 0 Å². The number of epoxide rings is 1. The fourth-order valence-electron chi connectivity index (χ4n) is 2.44. The smallest absolute Gasteiger partial charge is 0.343 e. The lowest BCUT2D eigenvalue weighted by Crippen LogP contribution is -2.35. The third kappa shape index (κ3) is 2.30. The average Bonchev–Trinajstić information content (AvgIpc) is 3.25. The van der Waals surface area contributed by atoms with Crippen molar-refractivity contribution in [3.63, 3.8) is 0 Å². The quantitative estimate of drug-likeness (QED) is 0.619. The summed E-state index contributed by atoms with van der Waals surface area (Å²) in [5, 5.41) is 0.313. The monoisotopic (exact) mass is 326 g/mol. The summed E-state index contributed by atoms with van der Waals surface area (Å²) in [5.41, 5.74) is -2.53. The van der Waals surface area contributed by atoms with Crippen LogP contribution in [-0.2, 0) is 10.3 Å². The Kier molecular flexibility index (Phi) is 3.50. The Bertz CT molecular complexity index is 698. The highest BCUT2D eigenvalue weighted by Gasteiger charge is 2.76. The first kappa shape index (κ1) is 15.1. The van der Waals surface area contributed by atoms with Crippen LogP contribution in [0.5, 0.6) is 0 Å². The molecule has 0 N–H and O–H groups in total. The molecule has 1 heterocycles. The summed E-state index contributed by atoms with van der Waals surface area (Å²) in [6.07, 6.45) is -6.27. The molecule has 1 fully saturated rings. The molecule has 0 aliphatic carbocycles. The average molecular weight is 327 g/mol. The maximum Gasteiger partial charge on any atom is 0.424 e. The second-order valence-electron chi connectivity index (χ2n) is 4.97. The summed E-state index contributed by atoms with van der Waals surface area (Å²) in [6, 6.07) is 12.9. The number of benzene rings is 2. The van der Waals surface area contributed by atoms with Gasteiger partial charge in [-0.2, -0.15) is 13.2 Å². The minimum Gasteiger partial charge on any atom is -0.343 e. The Morgan fingerprint density at radius 1 is 1.05 bits per heavy atom. The molecule has 0 radical (unpaired) electrons. The highest BCUT2D eigenvalue weighted by Crippen LogP contribution is 2.58. The van der Waals surface area contributed by atoms with E-state index >= 15 is 0 Å². The maximum absolute atomic E-state index is 13.5. The van der Waals surface area contributed by atoms with E-state index in [0.29, 0.717) is 5.02 Å². The van der Waals surface area contributed by atoms with Crippen molar-refractivity contribution in [3.05, 3.63) is 70.7 Å². The Labute approximate surface area is 129 Å². The molecule has 0 bridgehead atoms. The van der Waals surface area contributed by atoms with Gasteiger partial charge in [-0.25, -0.2) is 0 Å². The van der Waals surface area contributed by atoms with E-state index in [1.165, 1.54) is 36.4 Å². The summed E-state index contributed by atoms with van der Waals surface area (Å²) < 4.78 is 45.4. The summed E-state index contributed by atoms with van der Waals surface area (Å²) >= 11 is 5.70. The molecule has 2 atom stereocenters. The normalized spacial score (nSPS) is 24.1. The van der Waals surface area contributed by atoms with Crippen molar-refractivity contribution < 1.29 is 22.7 Å². The molecule has 1 aliphatic heterocycles.